The van der Waals surface area contributed by atoms with E-state index >= 15 is 0 Å². The fraction of sp³-hybridized carbons (Fsp3) is 0.462. The maximum Gasteiger partial charge on any atom is 0.220 e. The van der Waals surface area contributed by atoms with Gasteiger partial charge in [0.05, 0.1) is 6.04 Å². The van der Waals surface area contributed by atoms with Gasteiger partial charge in [-0.25, -0.2) is 0 Å². The zero-order chi connectivity index (χ0) is 11.3. The molecule has 1 atom stereocenters. The van der Waals surface area contributed by atoms with Crippen molar-refractivity contribution in [1.29, 1.82) is 0 Å². The minimum atomic E-state index is 0.102. The summed E-state index contributed by atoms with van der Waals surface area (Å²) < 4.78 is 0. The molecule has 1 rings (SSSR count). The zero-order valence-corrected chi connectivity index (χ0v) is 9.71. The van der Waals surface area contributed by atoms with E-state index in [1.807, 2.05) is 26.0 Å². The molecule has 1 unspecified atom stereocenters. The van der Waals surface area contributed by atoms with Gasteiger partial charge in [-0.15, -0.1) is 0 Å². The monoisotopic (exact) mass is 205 g/mol. The predicted molar refractivity (Wildman–Crippen MR) is 62.6 cm³/mol. The van der Waals surface area contributed by atoms with E-state index in [0.29, 0.717) is 6.42 Å². The van der Waals surface area contributed by atoms with Crippen molar-refractivity contribution in [1.82, 2.24) is 5.32 Å². The smallest absolute Gasteiger partial charge is 0.220 e. The summed E-state index contributed by atoms with van der Waals surface area (Å²) in [5.41, 5.74) is 2.42. The summed E-state index contributed by atoms with van der Waals surface area (Å²) in [6.07, 6.45) is 1.50. The number of carbonyl (C=O) groups is 1. The van der Waals surface area contributed by atoms with E-state index in [0.717, 1.165) is 6.42 Å². The van der Waals surface area contributed by atoms with E-state index in [-0.39, 0.29) is 11.9 Å². The maximum absolute atomic E-state index is 11.4. The highest BCUT2D eigenvalue weighted by atomic mass is 16.1. The Kier molecular flexibility index (Phi) is 4.35. The van der Waals surface area contributed by atoms with Gasteiger partial charge < -0.3 is 5.32 Å². The van der Waals surface area contributed by atoms with Crippen LogP contribution in [0, 0.1) is 6.92 Å². The lowest BCUT2D eigenvalue weighted by molar-refractivity contribution is -0.121. The molecule has 1 amide bonds. The minimum absolute atomic E-state index is 0.102. The number of aryl methyl sites for hydroxylation is 1. The van der Waals surface area contributed by atoms with Gasteiger partial charge in [-0.05, 0) is 31.4 Å². The molecular weight excluding hydrogens is 186 g/mol. The summed E-state index contributed by atoms with van der Waals surface area (Å²) in [7, 11) is 0. The summed E-state index contributed by atoms with van der Waals surface area (Å²) in [6, 6.07) is 8.25. The van der Waals surface area contributed by atoms with Crippen LogP contribution in [0.5, 0.6) is 0 Å². The molecule has 1 N–H and O–H groups in total. The van der Waals surface area contributed by atoms with Crippen molar-refractivity contribution in [2.24, 2.45) is 0 Å². The van der Waals surface area contributed by atoms with Crippen molar-refractivity contribution in [2.75, 3.05) is 0 Å². The molecule has 2 heteroatoms. The molecular formula is C13H19NO. The fourth-order valence-corrected chi connectivity index (χ4v) is 1.69. The van der Waals surface area contributed by atoms with E-state index in [2.05, 4.69) is 24.4 Å². The van der Waals surface area contributed by atoms with E-state index < -0.39 is 0 Å². The number of amides is 1. The Morgan fingerprint density at radius 3 is 2.67 bits per heavy atom. The molecule has 0 heterocycles. The Hall–Kier alpha value is -1.31. The van der Waals surface area contributed by atoms with Crippen LogP contribution in [0.25, 0.3) is 0 Å². The summed E-state index contributed by atoms with van der Waals surface area (Å²) in [4.78, 5) is 11.4. The normalized spacial score (nSPS) is 12.2. The molecule has 0 aliphatic heterocycles. The summed E-state index contributed by atoms with van der Waals surface area (Å²) >= 11 is 0. The van der Waals surface area contributed by atoms with Crippen LogP contribution in [-0.4, -0.2) is 5.91 Å². The van der Waals surface area contributed by atoms with Crippen molar-refractivity contribution in [2.45, 2.75) is 39.7 Å². The van der Waals surface area contributed by atoms with Crippen LogP contribution in [0.2, 0.25) is 0 Å². The van der Waals surface area contributed by atoms with Gasteiger partial charge in [0.25, 0.3) is 0 Å². The standard InChI is InChI=1S/C13H19NO/c1-4-7-13(15)14-11(3)12-9-6-5-8-10(12)2/h5-6,8-9,11H,4,7H2,1-3H3,(H,14,15). The van der Waals surface area contributed by atoms with Gasteiger partial charge in [0.15, 0.2) is 0 Å². The second-order valence-corrected chi connectivity index (χ2v) is 3.90. The number of hydrogen-bond acceptors (Lipinski definition) is 1. The number of benzene rings is 1. The average molecular weight is 205 g/mol. The zero-order valence-electron chi connectivity index (χ0n) is 9.71. The largest absolute Gasteiger partial charge is 0.350 e. The Bertz CT molecular complexity index is 333. The van der Waals surface area contributed by atoms with Crippen LogP contribution < -0.4 is 5.32 Å². The van der Waals surface area contributed by atoms with Crippen LogP contribution in [0.1, 0.15) is 43.9 Å². The van der Waals surface area contributed by atoms with Crippen molar-refractivity contribution in [3.63, 3.8) is 0 Å². The van der Waals surface area contributed by atoms with Crippen molar-refractivity contribution in [3.8, 4) is 0 Å². The molecule has 1 aromatic rings. The Morgan fingerprint density at radius 1 is 1.40 bits per heavy atom. The quantitative estimate of drug-likeness (QED) is 0.804. The van der Waals surface area contributed by atoms with Gasteiger partial charge in [-0.2, -0.15) is 0 Å². The van der Waals surface area contributed by atoms with Gasteiger partial charge in [-0.1, -0.05) is 31.2 Å². The summed E-state index contributed by atoms with van der Waals surface area (Å²) in [5.74, 6) is 0.133. The molecule has 0 spiro atoms. The molecule has 0 fully saturated rings. The van der Waals surface area contributed by atoms with Gasteiger partial charge in [0.2, 0.25) is 5.91 Å². The number of rotatable bonds is 4. The third kappa shape index (κ3) is 3.39. The van der Waals surface area contributed by atoms with E-state index in [4.69, 9.17) is 0 Å². The van der Waals surface area contributed by atoms with Crippen molar-refractivity contribution in [3.05, 3.63) is 35.4 Å². The van der Waals surface area contributed by atoms with E-state index in [1.54, 1.807) is 0 Å². The van der Waals surface area contributed by atoms with Crippen molar-refractivity contribution < 1.29 is 4.79 Å². The Morgan fingerprint density at radius 2 is 2.07 bits per heavy atom. The van der Waals surface area contributed by atoms with Gasteiger partial charge >= 0.3 is 0 Å². The first-order valence-corrected chi connectivity index (χ1v) is 5.50. The minimum Gasteiger partial charge on any atom is -0.350 e. The first-order valence-electron chi connectivity index (χ1n) is 5.50. The molecule has 15 heavy (non-hydrogen) atoms. The van der Waals surface area contributed by atoms with Crippen LogP contribution in [0.3, 0.4) is 0 Å². The fourth-order valence-electron chi connectivity index (χ4n) is 1.69. The number of carbonyl (C=O) groups excluding carboxylic acids is 1. The third-order valence-electron chi connectivity index (χ3n) is 2.51. The maximum atomic E-state index is 11.4. The molecule has 0 radical (unpaired) electrons. The Labute approximate surface area is 91.7 Å². The van der Waals surface area contributed by atoms with Crippen LogP contribution in [0.15, 0.2) is 24.3 Å². The highest BCUT2D eigenvalue weighted by Crippen LogP contribution is 2.16. The predicted octanol–water partition coefficient (Wildman–Crippen LogP) is 2.97. The van der Waals surface area contributed by atoms with Crippen LogP contribution in [0.4, 0.5) is 0 Å². The molecule has 1 aromatic carbocycles. The highest BCUT2D eigenvalue weighted by Gasteiger charge is 2.09. The van der Waals surface area contributed by atoms with Gasteiger partial charge in [0.1, 0.15) is 0 Å². The van der Waals surface area contributed by atoms with E-state index in [1.165, 1.54) is 11.1 Å². The second kappa shape index (κ2) is 5.54. The Balaban J connectivity index is 2.65. The average Bonchev–Trinajstić information content (AvgIpc) is 2.18. The van der Waals surface area contributed by atoms with Gasteiger partial charge in [0, 0.05) is 6.42 Å². The SMILES string of the molecule is CCCC(=O)NC(C)c1ccccc1C. The lowest BCUT2D eigenvalue weighted by Crippen LogP contribution is -2.26. The van der Waals surface area contributed by atoms with Gasteiger partial charge in [-0.3, -0.25) is 4.79 Å². The lowest BCUT2D eigenvalue weighted by atomic mass is 10.0. The lowest BCUT2D eigenvalue weighted by Gasteiger charge is -2.16. The van der Waals surface area contributed by atoms with Crippen molar-refractivity contribution >= 4 is 5.91 Å². The van der Waals surface area contributed by atoms with Crippen LogP contribution >= 0.6 is 0 Å². The molecule has 0 saturated heterocycles. The number of hydrogen-bond donors (Lipinski definition) is 1. The molecule has 2 nitrogen and oxygen atoms in total. The first-order chi connectivity index (χ1) is 7.15. The summed E-state index contributed by atoms with van der Waals surface area (Å²) in [6.45, 7) is 6.10. The summed E-state index contributed by atoms with van der Waals surface area (Å²) in [5, 5.41) is 3.00. The highest BCUT2D eigenvalue weighted by molar-refractivity contribution is 5.76. The van der Waals surface area contributed by atoms with E-state index in [9.17, 15) is 4.79 Å². The molecule has 0 aliphatic rings. The number of nitrogens with one attached hydrogen (secondary N) is 1. The van der Waals surface area contributed by atoms with Crippen LogP contribution in [-0.2, 0) is 4.79 Å². The molecule has 0 saturated carbocycles. The third-order valence-corrected chi connectivity index (χ3v) is 2.51. The molecule has 0 aromatic heterocycles. The second-order valence-electron chi connectivity index (χ2n) is 3.90. The first kappa shape index (κ1) is 11.8. The molecule has 82 valence electrons. The molecule has 0 bridgehead atoms. The molecule has 0 aliphatic carbocycles. The topological polar surface area (TPSA) is 29.1 Å².